The first-order valence-corrected chi connectivity index (χ1v) is 19.4. The van der Waals surface area contributed by atoms with E-state index in [1.54, 1.807) is 104 Å². The Kier molecular flexibility index (Phi) is 9.62. The van der Waals surface area contributed by atoms with E-state index in [1.165, 1.54) is 5.56 Å². The minimum atomic E-state index is -3.78. The summed E-state index contributed by atoms with van der Waals surface area (Å²) in [7, 11) is -5.76. The van der Waals surface area contributed by atoms with E-state index in [9.17, 15) is 16.8 Å². The number of rotatable bonds is 10. The van der Waals surface area contributed by atoms with Crippen LogP contribution in [-0.4, -0.2) is 23.9 Å². The van der Waals surface area contributed by atoms with Crippen molar-refractivity contribution in [3.8, 4) is 22.6 Å². The summed E-state index contributed by atoms with van der Waals surface area (Å²) >= 11 is 0. The van der Waals surface area contributed by atoms with Crippen molar-refractivity contribution in [1.29, 1.82) is 0 Å². The summed E-state index contributed by atoms with van der Waals surface area (Å²) in [5, 5.41) is 0. The third-order valence-corrected chi connectivity index (χ3v) is 13.1. The highest BCUT2D eigenvalue weighted by Gasteiger charge is 2.34. The third-order valence-electron chi connectivity index (χ3n) is 9.49. The fourth-order valence-electron chi connectivity index (χ4n) is 6.44. The van der Waals surface area contributed by atoms with Crippen molar-refractivity contribution in [2.24, 2.45) is 11.8 Å². The van der Waals surface area contributed by atoms with Crippen molar-refractivity contribution in [2.75, 3.05) is 7.11 Å². The number of benzene rings is 5. The molecule has 6 rings (SSSR count). The van der Waals surface area contributed by atoms with Crippen molar-refractivity contribution in [3.63, 3.8) is 0 Å². The van der Waals surface area contributed by atoms with Crippen molar-refractivity contribution in [2.45, 2.75) is 52.7 Å². The summed E-state index contributed by atoms with van der Waals surface area (Å²) in [5.41, 5.74) is 3.63. The van der Waals surface area contributed by atoms with Gasteiger partial charge in [-0.1, -0.05) is 80.9 Å². The molecule has 0 spiro atoms. The van der Waals surface area contributed by atoms with Crippen LogP contribution in [0.25, 0.3) is 11.1 Å². The minimum Gasteiger partial charge on any atom is -0.497 e. The van der Waals surface area contributed by atoms with Gasteiger partial charge in [0, 0.05) is 0 Å². The van der Waals surface area contributed by atoms with Crippen LogP contribution in [0.3, 0.4) is 0 Å². The fourth-order valence-corrected chi connectivity index (χ4v) is 8.96. The molecule has 0 fully saturated rings. The van der Waals surface area contributed by atoms with Gasteiger partial charge in [-0.05, 0) is 126 Å². The van der Waals surface area contributed by atoms with Crippen LogP contribution in [-0.2, 0) is 25.1 Å². The number of hydrogen-bond donors (Lipinski definition) is 0. The second kappa shape index (κ2) is 13.8. The third kappa shape index (κ3) is 7.04. The van der Waals surface area contributed by atoms with E-state index >= 15 is 0 Å². The zero-order valence-corrected chi connectivity index (χ0v) is 30.3. The summed E-state index contributed by atoms with van der Waals surface area (Å²) in [4.78, 5) is 0.748. The highest BCUT2D eigenvalue weighted by atomic mass is 32.2. The highest BCUT2D eigenvalue weighted by molar-refractivity contribution is 7.91. The van der Waals surface area contributed by atoms with Gasteiger partial charge in [0.15, 0.2) is 0 Å². The molecule has 2 unspecified atom stereocenters. The Labute approximate surface area is 295 Å². The maximum atomic E-state index is 13.5. The van der Waals surface area contributed by atoms with Gasteiger partial charge >= 0.3 is 0 Å². The molecule has 2 atom stereocenters. The van der Waals surface area contributed by atoms with E-state index in [4.69, 9.17) is 9.47 Å². The van der Waals surface area contributed by atoms with E-state index in [2.05, 4.69) is 45.1 Å². The van der Waals surface area contributed by atoms with Crippen LogP contribution in [0.15, 0.2) is 165 Å². The molecule has 1 aliphatic carbocycles. The molecule has 5 aromatic rings. The van der Waals surface area contributed by atoms with Gasteiger partial charge in [-0.2, -0.15) is 0 Å². The Balaban J connectivity index is 1.11. The number of ether oxygens (including phenoxy) is 2. The van der Waals surface area contributed by atoms with Gasteiger partial charge in [-0.3, -0.25) is 0 Å². The summed E-state index contributed by atoms with van der Waals surface area (Å²) < 4.78 is 64.5. The second-order valence-corrected chi connectivity index (χ2v) is 17.1. The molecule has 0 N–H and O–H groups in total. The van der Waals surface area contributed by atoms with Gasteiger partial charge in [0.2, 0.25) is 19.7 Å². The van der Waals surface area contributed by atoms with Gasteiger partial charge in [0.05, 0.1) is 26.7 Å². The van der Waals surface area contributed by atoms with Gasteiger partial charge in [-0.15, -0.1) is 0 Å². The number of allylic oxidation sites excluding steroid dienone is 3. The Hall–Kier alpha value is -4.92. The molecule has 0 aromatic heterocycles. The molecule has 50 heavy (non-hydrogen) atoms. The number of sulfone groups is 2. The van der Waals surface area contributed by atoms with E-state index in [1.807, 2.05) is 25.1 Å². The summed E-state index contributed by atoms with van der Waals surface area (Å²) in [5.74, 6) is 2.55. The first-order chi connectivity index (χ1) is 23.8. The molecule has 0 aliphatic heterocycles. The van der Waals surface area contributed by atoms with Crippen molar-refractivity contribution < 1.29 is 26.3 Å². The molecule has 0 bridgehead atoms. The average molecular weight is 705 g/mol. The Bertz CT molecular complexity index is 2250. The maximum Gasteiger partial charge on any atom is 0.206 e. The lowest BCUT2D eigenvalue weighted by atomic mass is 9.67. The van der Waals surface area contributed by atoms with Crippen molar-refractivity contribution in [1.82, 2.24) is 0 Å². The number of aryl methyl sites for hydroxylation is 1. The number of hydrogen-bond acceptors (Lipinski definition) is 6. The predicted octanol–water partition coefficient (Wildman–Crippen LogP) is 9.40. The summed E-state index contributed by atoms with van der Waals surface area (Å²) in [6.45, 7) is 8.57. The van der Waals surface area contributed by atoms with Crippen LogP contribution in [0.2, 0.25) is 0 Å². The van der Waals surface area contributed by atoms with E-state index in [-0.39, 0.29) is 36.8 Å². The van der Waals surface area contributed by atoms with Crippen LogP contribution < -0.4 is 9.47 Å². The molecule has 0 saturated carbocycles. The van der Waals surface area contributed by atoms with Crippen LogP contribution in [0, 0.1) is 18.8 Å². The molecule has 0 radical (unpaired) electrons. The SMILES string of the molecule is COc1ccc(C(C)(C)C2C=CC(Oc3ccc(S(=O)(=O)c4ccc(-c5ccc(S(=O)(=O)c6ccc(C)cc6)cc5)cc4)cc3)=CC2C)cc1. The normalized spacial score (nSPS) is 16.5. The first kappa shape index (κ1) is 34.9. The topological polar surface area (TPSA) is 86.7 Å². The lowest BCUT2D eigenvalue weighted by Gasteiger charge is -2.38. The van der Waals surface area contributed by atoms with Crippen LogP contribution in [0.4, 0.5) is 0 Å². The molecular weight excluding hydrogens is 665 g/mol. The molecule has 5 aromatic carbocycles. The van der Waals surface area contributed by atoms with Gasteiger partial charge in [-0.25, -0.2) is 16.8 Å². The molecule has 0 heterocycles. The quantitative estimate of drug-likeness (QED) is 0.144. The van der Waals surface area contributed by atoms with Gasteiger partial charge < -0.3 is 9.47 Å². The van der Waals surface area contributed by atoms with E-state index in [0.717, 1.165) is 22.4 Å². The zero-order chi connectivity index (χ0) is 35.7. The molecule has 6 nitrogen and oxygen atoms in total. The standard InChI is InChI=1S/C42H40O6S2/c1-29-6-19-37(20-7-29)49(43,44)38-21-8-31(9-22-38)32-10-23-39(24-11-32)50(45,46)40-25-16-35(17-26-40)48-36-18-27-41(30(2)28-36)42(3,4)33-12-14-34(47-5)15-13-33/h6-28,30,41H,1-5H3. The predicted molar refractivity (Wildman–Crippen MR) is 197 cm³/mol. The molecule has 8 heteroatoms. The monoisotopic (exact) mass is 704 g/mol. The van der Waals surface area contributed by atoms with Gasteiger partial charge in [0.25, 0.3) is 0 Å². The molecule has 0 saturated heterocycles. The maximum absolute atomic E-state index is 13.5. The molecule has 256 valence electrons. The summed E-state index contributed by atoms with van der Waals surface area (Å²) in [6, 6.07) is 34.6. The Morgan fingerprint density at radius 3 is 1.44 bits per heavy atom. The van der Waals surface area contributed by atoms with E-state index in [0.29, 0.717) is 11.5 Å². The van der Waals surface area contributed by atoms with E-state index < -0.39 is 19.7 Å². The molecule has 0 amide bonds. The van der Waals surface area contributed by atoms with Crippen molar-refractivity contribution >= 4 is 19.7 Å². The lowest BCUT2D eigenvalue weighted by molar-refractivity contribution is 0.305. The number of methoxy groups -OCH3 is 1. The fraction of sp³-hybridized carbons (Fsp3) is 0.190. The van der Waals surface area contributed by atoms with Crippen LogP contribution >= 0.6 is 0 Å². The minimum absolute atomic E-state index is 0.117. The summed E-state index contributed by atoms with van der Waals surface area (Å²) in [6.07, 6.45) is 6.28. The highest BCUT2D eigenvalue weighted by Crippen LogP contribution is 2.41. The van der Waals surface area contributed by atoms with Crippen molar-refractivity contribution in [3.05, 3.63) is 156 Å². The average Bonchev–Trinajstić information content (AvgIpc) is 3.12. The van der Waals surface area contributed by atoms with Crippen LogP contribution in [0.1, 0.15) is 31.9 Å². The lowest BCUT2D eigenvalue weighted by Crippen LogP contribution is -2.33. The zero-order valence-electron chi connectivity index (χ0n) is 28.7. The largest absolute Gasteiger partial charge is 0.497 e. The molecule has 1 aliphatic rings. The van der Waals surface area contributed by atoms with Crippen LogP contribution in [0.5, 0.6) is 11.5 Å². The first-order valence-electron chi connectivity index (χ1n) is 16.4. The smallest absolute Gasteiger partial charge is 0.206 e. The molecular formula is C42H40O6S2. The Morgan fingerprint density at radius 1 is 0.580 bits per heavy atom. The Morgan fingerprint density at radius 2 is 1.00 bits per heavy atom. The second-order valence-electron chi connectivity index (χ2n) is 13.2. The van der Waals surface area contributed by atoms with Gasteiger partial charge in [0.1, 0.15) is 17.3 Å².